The Kier molecular flexibility index (Phi) is 6.40. The Morgan fingerprint density at radius 2 is 1.97 bits per heavy atom. The fourth-order valence-electron chi connectivity index (χ4n) is 3.99. The molecule has 36 heavy (non-hydrogen) atoms. The molecular weight excluding hydrogens is 454 g/mol. The van der Waals surface area contributed by atoms with Gasteiger partial charge in [0.1, 0.15) is 5.56 Å². The summed E-state index contributed by atoms with van der Waals surface area (Å²) in [4.78, 5) is 45.1. The fraction of sp³-hybridized carbons (Fsp3) is 0.0714. The molecule has 8 heteroatoms. The van der Waals surface area contributed by atoms with E-state index in [-0.39, 0.29) is 30.1 Å². The number of carbonyl (C=O) groups is 2. The minimum absolute atomic E-state index is 0.0726. The van der Waals surface area contributed by atoms with Gasteiger partial charge in [0.25, 0.3) is 17.4 Å². The summed E-state index contributed by atoms with van der Waals surface area (Å²) in [6.45, 7) is 0.534. The minimum Gasteiger partial charge on any atom is -0.362 e. The number of nitrogens with one attached hydrogen (secondary N) is 3. The van der Waals surface area contributed by atoms with Crippen LogP contribution in [0.1, 0.15) is 32.9 Å². The van der Waals surface area contributed by atoms with Crippen LogP contribution in [0.5, 0.6) is 0 Å². The highest BCUT2D eigenvalue weighted by Gasteiger charge is 2.24. The maximum absolute atomic E-state index is 12.7. The molecule has 0 unspecified atom stereocenters. The zero-order valence-electron chi connectivity index (χ0n) is 19.3. The maximum atomic E-state index is 12.7. The third kappa shape index (κ3) is 4.92. The lowest BCUT2D eigenvalue weighted by Gasteiger charge is -2.08. The summed E-state index contributed by atoms with van der Waals surface area (Å²) in [5, 5.41) is 5.65. The van der Waals surface area contributed by atoms with E-state index in [1.807, 2.05) is 66.9 Å². The first kappa shape index (κ1) is 22.8. The first-order chi connectivity index (χ1) is 17.6. The average Bonchev–Trinajstić information content (AvgIpc) is 3.51. The van der Waals surface area contributed by atoms with E-state index >= 15 is 0 Å². The van der Waals surface area contributed by atoms with Gasteiger partial charge in [-0.05, 0) is 54.1 Å². The zero-order chi connectivity index (χ0) is 24.9. The number of fused-ring (bicyclic) bond motifs is 1. The van der Waals surface area contributed by atoms with Gasteiger partial charge in [-0.1, -0.05) is 30.4 Å². The molecule has 0 radical (unpaired) electrons. The van der Waals surface area contributed by atoms with Crippen LogP contribution in [0.4, 0.5) is 5.69 Å². The van der Waals surface area contributed by atoms with Crippen molar-refractivity contribution in [3.05, 3.63) is 124 Å². The van der Waals surface area contributed by atoms with Gasteiger partial charge >= 0.3 is 0 Å². The number of H-pyrrole nitrogens is 1. The second kappa shape index (κ2) is 10.1. The van der Waals surface area contributed by atoms with Crippen LogP contribution in [0.25, 0.3) is 17.7 Å². The summed E-state index contributed by atoms with van der Waals surface area (Å²) in [5.74, 6) is -0.593. The fourth-order valence-corrected chi connectivity index (χ4v) is 3.99. The lowest BCUT2D eigenvalue weighted by molar-refractivity contribution is -0.110. The van der Waals surface area contributed by atoms with Crippen LogP contribution in [0.15, 0.2) is 90.1 Å². The highest BCUT2D eigenvalue weighted by Crippen LogP contribution is 2.33. The third-order valence-electron chi connectivity index (χ3n) is 5.76. The molecule has 1 aromatic carbocycles. The second-order valence-electron chi connectivity index (χ2n) is 8.23. The Morgan fingerprint density at radius 1 is 1.06 bits per heavy atom. The van der Waals surface area contributed by atoms with E-state index in [1.165, 1.54) is 10.6 Å². The highest BCUT2D eigenvalue weighted by molar-refractivity contribution is 6.34. The molecular formula is C28H23N5O3. The molecule has 3 aromatic heterocycles. The Morgan fingerprint density at radius 3 is 2.78 bits per heavy atom. The van der Waals surface area contributed by atoms with Gasteiger partial charge < -0.3 is 20.2 Å². The van der Waals surface area contributed by atoms with Gasteiger partial charge in [-0.15, -0.1) is 0 Å². The van der Waals surface area contributed by atoms with Gasteiger partial charge in [0, 0.05) is 42.1 Å². The van der Waals surface area contributed by atoms with E-state index in [9.17, 15) is 14.4 Å². The minimum atomic E-state index is -0.444. The van der Waals surface area contributed by atoms with Crippen LogP contribution in [0.2, 0.25) is 0 Å². The maximum Gasteiger partial charge on any atom is 0.263 e. The van der Waals surface area contributed by atoms with E-state index in [1.54, 1.807) is 24.5 Å². The second-order valence-corrected chi connectivity index (χ2v) is 8.23. The predicted octanol–water partition coefficient (Wildman–Crippen LogP) is 3.56. The number of aromatic nitrogens is 3. The number of anilines is 1. The Bertz CT molecular complexity index is 1530. The standard InChI is InChI=1S/C28H23N5O3/c34-26(23-9-5-15-33(28(23)36)18-21-7-1-2-12-30-21)31-14-3-6-19-10-11-22-24(17-20-8-4-13-29-20)27(35)32-25(22)16-19/h1-13,15-17,29H,14,18H2,(H,31,34)(H,32,35)/b6-3+,24-17+. The van der Waals surface area contributed by atoms with Crippen LogP contribution < -0.4 is 16.2 Å². The molecule has 0 saturated heterocycles. The lowest BCUT2D eigenvalue weighted by Crippen LogP contribution is -2.33. The number of amides is 2. The van der Waals surface area contributed by atoms with Gasteiger partial charge in [-0.3, -0.25) is 19.4 Å². The number of hydrogen-bond donors (Lipinski definition) is 3. The summed E-state index contributed by atoms with van der Waals surface area (Å²) >= 11 is 0. The lowest BCUT2D eigenvalue weighted by atomic mass is 10.0. The summed E-state index contributed by atoms with van der Waals surface area (Å²) in [7, 11) is 0. The van der Waals surface area contributed by atoms with E-state index < -0.39 is 5.91 Å². The Balaban J connectivity index is 1.22. The van der Waals surface area contributed by atoms with Gasteiger partial charge in [-0.25, -0.2) is 0 Å². The molecule has 0 fully saturated rings. The number of carbonyl (C=O) groups excluding carboxylic acids is 2. The van der Waals surface area contributed by atoms with Crippen molar-refractivity contribution in [1.82, 2.24) is 19.9 Å². The molecule has 8 nitrogen and oxygen atoms in total. The van der Waals surface area contributed by atoms with E-state index in [2.05, 4.69) is 20.6 Å². The number of rotatable bonds is 7. The quantitative estimate of drug-likeness (QED) is 0.354. The van der Waals surface area contributed by atoms with Crippen molar-refractivity contribution >= 4 is 35.2 Å². The van der Waals surface area contributed by atoms with Crippen molar-refractivity contribution in [3.63, 3.8) is 0 Å². The van der Waals surface area contributed by atoms with Gasteiger partial charge in [0.15, 0.2) is 0 Å². The molecule has 0 spiro atoms. The van der Waals surface area contributed by atoms with Crippen LogP contribution >= 0.6 is 0 Å². The summed E-state index contributed by atoms with van der Waals surface area (Å²) < 4.78 is 1.46. The zero-order valence-corrected chi connectivity index (χ0v) is 19.3. The molecule has 4 heterocycles. The van der Waals surface area contributed by atoms with Crippen molar-refractivity contribution in [2.75, 3.05) is 11.9 Å². The number of pyridine rings is 2. The average molecular weight is 478 g/mol. The predicted molar refractivity (Wildman–Crippen MR) is 139 cm³/mol. The first-order valence-corrected chi connectivity index (χ1v) is 11.4. The number of benzene rings is 1. The number of aromatic amines is 1. The molecule has 0 aliphatic carbocycles. The van der Waals surface area contributed by atoms with Gasteiger partial charge in [-0.2, -0.15) is 0 Å². The molecule has 0 saturated carbocycles. The molecule has 178 valence electrons. The van der Waals surface area contributed by atoms with Gasteiger partial charge in [0.05, 0.1) is 17.8 Å². The monoisotopic (exact) mass is 477 g/mol. The van der Waals surface area contributed by atoms with Crippen molar-refractivity contribution < 1.29 is 9.59 Å². The molecule has 0 bridgehead atoms. The normalized spacial score (nSPS) is 13.7. The van der Waals surface area contributed by atoms with Crippen LogP contribution in [0.3, 0.4) is 0 Å². The molecule has 1 aliphatic heterocycles. The molecule has 4 aromatic rings. The van der Waals surface area contributed by atoms with Crippen molar-refractivity contribution in [2.24, 2.45) is 0 Å². The SMILES string of the molecule is O=C1Nc2cc(/C=C/CNC(=O)c3cccn(Cc4ccccn4)c3=O)ccc2/C1=C\c1ccc[nH]1. The summed E-state index contributed by atoms with van der Waals surface area (Å²) in [6, 6.07) is 18.1. The molecule has 5 rings (SSSR count). The topological polar surface area (TPSA) is 109 Å². The summed E-state index contributed by atoms with van der Waals surface area (Å²) in [5.41, 5.74) is 4.35. The van der Waals surface area contributed by atoms with Crippen LogP contribution in [-0.4, -0.2) is 32.9 Å². The summed E-state index contributed by atoms with van der Waals surface area (Å²) in [6.07, 6.45) is 10.6. The van der Waals surface area contributed by atoms with Crippen molar-refractivity contribution in [2.45, 2.75) is 6.54 Å². The van der Waals surface area contributed by atoms with Crippen LogP contribution in [0, 0.1) is 0 Å². The molecule has 2 amide bonds. The Hall–Kier alpha value is -4.98. The van der Waals surface area contributed by atoms with E-state index in [0.717, 1.165) is 28.2 Å². The van der Waals surface area contributed by atoms with Gasteiger partial charge in [0.2, 0.25) is 0 Å². The van der Waals surface area contributed by atoms with Crippen molar-refractivity contribution in [1.29, 1.82) is 0 Å². The first-order valence-electron chi connectivity index (χ1n) is 11.4. The highest BCUT2D eigenvalue weighted by atomic mass is 16.2. The molecule has 3 N–H and O–H groups in total. The van der Waals surface area contributed by atoms with Crippen molar-refractivity contribution in [3.8, 4) is 0 Å². The number of nitrogens with zero attached hydrogens (tertiary/aromatic N) is 2. The largest absolute Gasteiger partial charge is 0.362 e. The molecule has 1 aliphatic rings. The van der Waals surface area contributed by atoms with E-state index in [0.29, 0.717) is 5.57 Å². The third-order valence-corrected chi connectivity index (χ3v) is 5.76. The van der Waals surface area contributed by atoms with Crippen LogP contribution in [-0.2, 0) is 11.3 Å². The smallest absolute Gasteiger partial charge is 0.263 e. The molecule has 0 atom stereocenters. The Labute approximate surface area is 207 Å². The number of hydrogen-bond acceptors (Lipinski definition) is 4. The van der Waals surface area contributed by atoms with E-state index in [4.69, 9.17) is 0 Å².